The predicted molar refractivity (Wildman–Crippen MR) is 61.9 cm³/mol. The van der Waals surface area contributed by atoms with Gasteiger partial charge in [0.25, 0.3) is 5.91 Å². The van der Waals surface area contributed by atoms with Gasteiger partial charge in [0.2, 0.25) is 0 Å². The van der Waals surface area contributed by atoms with E-state index >= 15 is 0 Å². The highest BCUT2D eigenvalue weighted by Crippen LogP contribution is 2.25. The van der Waals surface area contributed by atoms with Gasteiger partial charge in [-0.15, -0.1) is 0 Å². The van der Waals surface area contributed by atoms with Crippen molar-refractivity contribution in [3.8, 4) is 0 Å². The quantitative estimate of drug-likeness (QED) is 0.772. The van der Waals surface area contributed by atoms with E-state index in [0.29, 0.717) is 10.6 Å². The number of carbonyl (C=O) groups is 1. The molecule has 1 rings (SSSR count). The monoisotopic (exact) mass is 275 g/mol. The van der Waals surface area contributed by atoms with Crippen LogP contribution in [-0.4, -0.2) is 24.9 Å². The van der Waals surface area contributed by atoms with Gasteiger partial charge in [0, 0.05) is 23.6 Å². The van der Waals surface area contributed by atoms with Crippen molar-refractivity contribution in [2.45, 2.75) is 6.92 Å². The summed E-state index contributed by atoms with van der Waals surface area (Å²) in [6.45, 7) is 1.90. The molecule has 0 saturated heterocycles. The van der Waals surface area contributed by atoms with Crippen molar-refractivity contribution in [1.82, 2.24) is 4.90 Å². The van der Waals surface area contributed by atoms with Gasteiger partial charge in [-0.1, -0.05) is 11.6 Å². The maximum atomic E-state index is 11.7. The zero-order valence-corrected chi connectivity index (χ0v) is 10.6. The van der Waals surface area contributed by atoms with Gasteiger partial charge in [-0.3, -0.25) is 4.79 Å². The number of nitrogens with zero attached hydrogens (tertiary/aromatic N) is 1. The van der Waals surface area contributed by atoms with Crippen molar-refractivity contribution in [3.63, 3.8) is 0 Å². The Kier molecular flexibility index (Phi) is 3.56. The van der Waals surface area contributed by atoms with E-state index in [0.717, 1.165) is 10.0 Å². The van der Waals surface area contributed by atoms with Crippen LogP contribution in [0, 0.1) is 6.92 Å². The molecule has 0 fully saturated rings. The maximum Gasteiger partial charge on any atom is 0.254 e. The summed E-state index contributed by atoms with van der Waals surface area (Å²) in [5.74, 6) is -0.0567. The second-order valence-electron chi connectivity index (χ2n) is 3.28. The lowest BCUT2D eigenvalue weighted by Crippen LogP contribution is -2.22. The van der Waals surface area contributed by atoms with Gasteiger partial charge < -0.3 is 4.90 Å². The number of aryl methyl sites for hydroxylation is 1. The first kappa shape index (κ1) is 11.5. The molecule has 0 bridgehead atoms. The molecule has 1 aromatic carbocycles. The highest BCUT2D eigenvalue weighted by Gasteiger charge is 2.13. The Balaban J connectivity index is 3.22. The Hall–Kier alpha value is -0.540. The van der Waals surface area contributed by atoms with Gasteiger partial charge in [0.05, 0.1) is 5.56 Å². The molecule has 0 heterocycles. The van der Waals surface area contributed by atoms with Crippen molar-refractivity contribution in [2.24, 2.45) is 0 Å². The molecule has 0 aliphatic rings. The minimum atomic E-state index is -0.0567. The third kappa shape index (κ3) is 2.28. The van der Waals surface area contributed by atoms with E-state index in [-0.39, 0.29) is 5.91 Å². The fraction of sp³-hybridized carbons (Fsp3) is 0.300. The van der Waals surface area contributed by atoms with Crippen molar-refractivity contribution in [2.75, 3.05) is 14.1 Å². The Labute approximate surface area is 97.0 Å². The number of rotatable bonds is 1. The first-order valence-electron chi connectivity index (χ1n) is 4.10. The fourth-order valence-corrected chi connectivity index (χ4v) is 1.84. The molecule has 0 aliphatic heterocycles. The lowest BCUT2D eigenvalue weighted by molar-refractivity contribution is 0.0827. The molecule has 0 radical (unpaired) electrons. The second-order valence-corrected chi connectivity index (χ2v) is 4.54. The molecule has 4 heteroatoms. The van der Waals surface area contributed by atoms with E-state index in [1.54, 1.807) is 20.2 Å². The molecular weight excluding hydrogens is 265 g/mol. The van der Waals surface area contributed by atoms with Gasteiger partial charge >= 0.3 is 0 Å². The first-order chi connectivity index (χ1) is 6.43. The molecule has 2 nitrogen and oxygen atoms in total. The average molecular weight is 277 g/mol. The first-order valence-corrected chi connectivity index (χ1v) is 5.28. The Bertz CT molecular complexity index is 377. The van der Waals surface area contributed by atoms with Crippen LogP contribution < -0.4 is 0 Å². The standard InChI is InChI=1S/C10H11BrClNO/c1-6-4-8(11)7(5-9(6)12)10(14)13(2)3/h4-5H,1-3H3. The summed E-state index contributed by atoms with van der Waals surface area (Å²) < 4.78 is 0.776. The lowest BCUT2D eigenvalue weighted by Gasteiger charge is -2.12. The fourth-order valence-electron chi connectivity index (χ4n) is 1.05. The molecule has 0 aliphatic carbocycles. The SMILES string of the molecule is Cc1cc(Br)c(C(=O)N(C)C)cc1Cl. The van der Waals surface area contributed by atoms with Crippen LogP contribution in [0.4, 0.5) is 0 Å². The summed E-state index contributed by atoms with van der Waals surface area (Å²) in [6, 6.07) is 3.53. The summed E-state index contributed by atoms with van der Waals surface area (Å²) in [5.41, 5.74) is 1.54. The van der Waals surface area contributed by atoms with E-state index < -0.39 is 0 Å². The summed E-state index contributed by atoms with van der Waals surface area (Å²) in [6.07, 6.45) is 0. The molecule has 0 aromatic heterocycles. The summed E-state index contributed by atoms with van der Waals surface area (Å²) in [5, 5.41) is 0.610. The van der Waals surface area contributed by atoms with E-state index in [9.17, 15) is 4.79 Å². The topological polar surface area (TPSA) is 20.3 Å². The van der Waals surface area contributed by atoms with Crippen LogP contribution in [0.5, 0.6) is 0 Å². The number of benzene rings is 1. The number of hydrogen-bond donors (Lipinski definition) is 0. The van der Waals surface area contributed by atoms with Crippen LogP contribution in [-0.2, 0) is 0 Å². The molecule has 0 unspecified atom stereocenters. The Morgan fingerprint density at radius 2 is 2.00 bits per heavy atom. The van der Waals surface area contributed by atoms with Gasteiger partial charge in [0.15, 0.2) is 0 Å². The summed E-state index contributed by atoms with van der Waals surface area (Å²) in [4.78, 5) is 13.2. The van der Waals surface area contributed by atoms with Crippen molar-refractivity contribution in [1.29, 1.82) is 0 Å². The minimum Gasteiger partial charge on any atom is -0.345 e. The molecule has 1 amide bonds. The number of amides is 1. The van der Waals surface area contributed by atoms with E-state index in [1.165, 1.54) is 4.90 Å². The largest absolute Gasteiger partial charge is 0.345 e. The summed E-state index contributed by atoms with van der Waals surface area (Å²) in [7, 11) is 3.42. The number of halogens is 2. The van der Waals surface area contributed by atoms with Crippen LogP contribution in [0.1, 0.15) is 15.9 Å². The third-order valence-electron chi connectivity index (χ3n) is 1.88. The average Bonchev–Trinajstić information content (AvgIpc) is 2.10. The number of hydrogen-bond acceptors (Lipinski definition) is 1. The Morgan fingerprint density at radius 1 is 1.43 bits per heavy atom. The highest BCUT2D eigenvalue weighted by atomic mass is 79.9. The van der Waals surface area contributed by atoms with Gasteiger partial charge in [0.1, 0.15) is 0 Å². The molecule has 0 spiro atoms. The normalized spacial score (nSPS) is 10.1. The third-order valence-corrected chi connectivity index (χ3v) is 2.95. The van der Waals surface area contributed by atoms with E-state index in [1.807, 2.05) is 13.0 Å². The number of carbonyl (C=O) groups excluding carboxylic acids is 1. The molecule has 14 heavy (non-hydrogen) atoms. The van der Waals surface area contributed by atoms with E-state index in [2.05, 4.69) is 15.9 Å². The molecule has 0 saturated carbocycles. The van der Waals surface area contributed by atoms with Crippen molar-refractivity contribution in [3.05, 3.63) is 32.8 Å². The van der Waals surface area contributed by atoms with Crippen molar-refractivity contribution >= 4 is 33.4 Å². The molecular formula is C10H11BrClNO. The molecule has 0 atom stereocenters. The van der Waals surface area contributed by atoms with Crippen LogP contribution in [0.15, 0.2) is 16.6 Å². The van der Waals surface area contributed by atoms with Crippen LogP contribution in [0.3, 0.4) is 0 Å². The maximum absolute atomic E-state index is 11.7. The summed E-state index contributed by atoms with van der Waals surface area (Å²) >= 11 is 9.29. The van der Waals surface area contributed by atoms with Gasteiger partial charge in [-0.05, 0) is 40.5 Å². The van der Waals surface area contributed by atoms with Crippen LogP contribution in [0.2, 0.25) is 5.02 Å². The minimum absolute atomic E-state index is 0.0567. The highest BCUT2D eigenvalue weighted by molar-refractivity contribution is 9.10. The van der Waals surface area contributed by atoms with Gasteiger partial charge in [-0.25, -0.2) is 0 Å². The Morgan fingerprint density at radius 3 is 2.50 bits per heavy atom. The van der Waals surface area contributed by atoms with Crippen LogP contribution >= 0.6 is 27.5 Å². The zero-order valence-electron chi connectivity index (χ0n) is 8.27. The van der Waals surface area contributed by atoms with Crippen molar-refractivity contribution < 1.29 is 4.79 Å². The van der Waals surface area contributed by atoms with Gasteiger partial charge in [-0.2, -0.15) is 0 Å². The molecule has 1 aromatic rings. The lowest BCUT2D eigenvalue weighted by atomic mass is 10.1. The zero-order chi connectivity index (χ0) is 10.9. The van der Waals surface area contributed by atoms with E-state index in [4.69, 9.17) is 11.6 Å². The smallest absolute Gasteiger partial charge is 0.254 e. The molecule has 76 valence electrons. The second kappa shape index (κ2) is 4.32. The molecule has 0 N–H and O–H groups in total. The predicted octanol–water partition coefficient (Wildman–Crippen LogP) is 3.11. The van der Waals surface area contributed by atoms with Crippen LogP contribution in [0.25, 0.3) is 0 Å².